The number of anilines is 1. The van der Waals surface area contributed by atoms with E-state index in [9.17, 15) is 9.59 Å². The zero-order valence-corrected chi connectivity index (χ0v) is 18.7. The van der Waals surface area contributed by atoms with Crippen molar-refractivity contribution in [1.82, 2.24) is 15.3 Å². The lowest BCUT2D eigenvalue weighted by atomic mass is 10.1. The van der Waals surface area contributed by atoms with E-state index in [2.05, 4.69) is 25.7 Å². The zero-order valence-electron chi connectivity index (χ0n) is 18.7. The maximum absolute atomic E-state index is 13.7. The fourth-order valence-corrected chi connectivity index (χ4v) is 4.38. The van der Waals surface area contributed by atoms with Gasteiger partial charge in [-0.05, 0) is 62.7 Å². The van der Waals surface area contributed by atoms with Gasteiger partial charge in [-0.1, -0.05) is 31.2 Å². The van der Waals surface area contributed by atoms with Gasteiger partial charge in [-0.15, -0.1) is 0 Å². The third-order valence-corrected chi connectivity index (χ3v) is 5.94. The summed E-state index contributed by atoms with van der Waals surface area (Å²) in [5, 5.41) is 8.81. The SMILES string of the molecule is CCN1[C@H](C)CN(C(=O)N(Cc2ccc(C(=O)NO)cc2)c2cccc(C)c2)C[C@@H]1C. The predicted octanol–water partition coefficient (Wildman–Crippen LogP) is 3.66. The lowest BCUT2D eigenvalue weighted by molar-refractivity contribution is 0.0617. The standard InChI is InChI=1S/C24H32N4O3/c1-5-27-18(3)14-26(15-19(27)4)24(30)28(22-8-6-7-17(2)13-22)16-20-9-11-21(12-10-20)23(29)25-31/h6-13,18-19,31H,5,14-16H2,1-4H3,(H,25,29)/t18-,19+. The van der Waals surface area contributed by atoms with Crippen LogP contribution in [0.2, 0.25) is 0 Å². The summed E-state index contributed by atoms with van der Waals surface area (Å²) in [6.07, 6.45) is 0. The number of hydrogen-bond acceptors (Lipinski definition) is 4. The van der Waals surface area contributed by atoms with Crippen molar-refractivity contribution in [2.45, 2.75) is 46.3 Å². The van der Waals surface area contributed by atoms with Gasteiger partial charge in [0.05, 0.1) is 6.54 Å². The Labute approximate surface area is 184 Å². The fourth-order valence-electron chi connectivity index (χ4n) is 4.38. The van der Waals surface area contributed by atoms with Gasteiger partial charge in [0, 0.05) is 36.4 Å². The van der Waals surface area contributed by atoms with E-state index in [1.807, 2.05) is 36.1 Å². The average Bonchev–Trinajstić information content (AvgIpc) is 2.76. The first-order chi connectivity index (χ1) is 14.8. The number of rotatable bonds is 5. The van der Waals surface area contributed by atoms with E-state index in [0.717, 1.165) is 23.4 Å². The highest BCUT2D eigenvalue weighted by Gasteiger charge is 2.33. The molecule has 1 aliphatic heterocycles. The van der Waals surface area contributed by atoms with E-state index < -0.39 is 5.91 Å². The van der Waals surface area contributed by atoms with Crippen LogP contribution in [-0.4, -0.2) is 58.7 Å². The number of nitrogens with zero attached hydrogens (tertiary/aromatic N) is 3. The molecule has 0 aromatic heterocycles. The Hall–Kier alpha value is -2.90. The molecule has 0 spiro atoms. The first kappa shape index (κ1) is 22.8. The molecule has 2 aromatic rings. The Kier molecular flexibility index (Phi) is 7.30. The number of urea groups is 1. The molecule has 0 bridgehead atoms. The topological polar surface area (TPSA) is 76.1 Å². The van der Waals surface area contributed by atoms with Crippen molar-refractivity contribution in [2.24, 2.45) is 0 Å². The average molecular weight is 425 g/mol. The monoisotopic (exact) mass is 424 g/mol. The van der Waals surface area contributed by atoms with Crippen LogP contribution in [0.15, 0.2) is 48.5 Å². The molecular formula is C24H32N4O3. The molecule has 2 atom stereocenters. The van der Waals surface area contributed by atoms with E-state index in [-0.39, 0.29) is 6.03 Å². The molecule has 1 fully saturated rings. The number of benzene rings is 2. The highest BCUT2D eigenvalue weighted by atomic mass is 16.5. The Bertz CT molecular complexity index is 903. The molecule has 0 aliphatic carbocycles. The number of nitrogens with one attached hydrogen (secondary N) is 1. The van der Waals surface area contributed by atoms with Crippen LogP contribution in [0.1, 0.15) is 42.3 Å². The quantitative estimate of drug-likeness (QED) is 0.567. The molecule has 3 rings (SSSR count). The van der Waals surface area contributed by atoms with Crippen molar-refractivity contribution in [3.05, 3.63) is 65.2 Å². The third kappa shape index (κ3) is 5.24. The second kappa shape index (κ2) is 9.94. The van der Waals surface area contributed by atoms with Gasteiger partial charge in [0.15, 0.2) is 0 Å². The van der Waals surface area contributed by atoms with Gasteiger partial charge in [0.1, 0.15) is 0 Å². The van der Waals surface area contributed by atoms with E-state index >= 15 is 0 Å². The Morgan fingerprint density at radius 3 is 2.29 bits per heavy atom. The molecule has 7 heteroatoms. The Morgan fingerprint density at radius 2 is 1.74 bits per heavy atom. The van der Waals surface area contributed by atoms with E-state index in [0.29, 0.717) is 37.3 Å². The van der Waals surface area contributed by atoms with Gasteiger partial charge in [0.25, 0.3) is 5.91 Å². The Balaban J connectivity index is 1.87. The second-order valence-electron chi connectivity index (χ2n) is 8.28. The number of hydrogen-bond donors (Lipinski definition) is 2. The summed E-state index contributed by atoms with van der Waals surface area (Å²) in [5.41, 5.74) is 4.83. The molecule has 31 heavy (non-hydrogen) atoms. The van der Waals surface area contributed by atoms with Gasteiger partial charge in [0.2, 0.25) is 0 Å². The second-order valence-corrected chi connectivity index (χ2v) is 8.28. The maximum atomic E-state index is 13.7. The lowest BCUT2D eigenvalue weighted by Crippen LogP contribution is -2.60. The summed E-state index contributed by atoms with van der Waals surface area (Å²) in [7, 11) is 0. The number of aryl methyl sites for hydroxylation is 1. The minimum atomic E-state index is -0.560. The number of amides is 3. The molecule has 1 heterocycles. The first-order valence-corrected chi connectivity index (χ1v) is 10.8. The molecule has 0 unspecified atom stereocenters. The van der Waals surface area contributed by atoms with Crippen molar-refractivity contribution in [3.8, 4) is 0 Å². The van der Waals surface area contributed by atoms with Gasteiger partial charge in [-0.25, -0.2) is 10.3 Å². The largest absolute Gasteiger partial charge is 0.324 e. The van der Waals surface area contributed by atoms with Gasteiger partial charge in [-0.3, -0.25) is 19.8 Å². The van der Waals surface area contributed by atoms with Crippen molar-refractivity contribution < 1.29 is 14.8 Å². The molecule has 0 saturated carbocycles. The summed E-state index contributed by atoms with van der Waals surface area (Å²) in [6, 6.07) is 15.4. The van der Waals surface area contributed by atoms with Crippen LogP contribution in [0.25, 0.3) is 0 Å². The third-order valence-electron chi connectivity index (χ3n) is 5.94. The van der Waals surface area contributed by atoms with Gasteiger partial charge < -0.3 is 4.90 Å². The number of hydroxylamine groups is 1. The van der Waals surface area contributed by atoms with Crippen LogP contribution >= 0.6 is 0 Å². The molecule has 2 N–H and O–H groups in total. The summed E-state index contributed by atoms with van der Waals surface area (Å²) in [6.45, 7) is 11.2. The van der Waals surface area contributed by atoms with Gasteiger partial charge in [-0.2, -0.15) is 0 Å². The lowest BCUT2D eigenvalue weighted by Gasteiger charge is -2.45. The molecule has 0 radical (unpaired) electrons. The smallest absolute Gasteiger partial charge is 0.321 e. The molecule has 166 valence electrons. The van der Waals surface area contributed by atoms with Crippen LogP contribution in [-0.2, 0) is 6.54 Å². The van der Waals surface area contributed by atoms with E-state index in [4.69, 9.17) is 5.21 Å². The van der Waals surface area contributed by atoms with E-state index in [1.54, 1.807) is 34.6 Å². The van der Waals surface area contributed by atoms with Crippen LogP contribution in [0.5, 0.6) is 0 Å². The summed E-state index contributed by atoms with van der Waals surface area (Å²) >= 11 is 0. The molecule has 1 saturated heterocycles. The summed E-state index contributed by atoms with van der Waals surface area (Å²) in [5.74, 6) is -0.560. The van der Waals surface area contributed by atoms with Crippen LogP contribution in [0, 0.1) is 6.92 Å². The van der Waals surface area contributed by atoms with Crippen molar-refractivity contribution in [1.29, 1.82) is 0 Å². The van der Waals surface area contributed by atoms with E-state index in [1.165, 1.54) is 0 Å². The number of likely N-dealkylation sites (N-methyl/N-ethyl adjacent to an activating group) is 1. The molecule has 2 aromatic carbocycles. The summed E-state index contributed by atoms with van der Waals surface area (Å²) in [4.78, 5) is 31.4. The van der Waals surface area contributed by atoms with Crippen molar-refractivity contribution >= 4 is 17.6 Å². The normalized spacial score (nSPS) is 19.2. The van der Waals surface area contributed by atoms with Crippen LogP contribution in [0.3, 0.4) is 0 Å². The molecule has 3 amide bonds. The number of carbonyl (C=O) groups is 2. The number of piperazine rings is 1. The fraction of sp³-hybridized carbons (Fsp3) is 0.417. The van der Waals surface area contributed by atoms with Gasteiger partial charge >= 0.3 is 6.03 Å². The highest BCUT2D eigenvalue weighted by Crippen LogP contribution is 2.24. The molecular weight excluding hydrogens is 392 g/mol. The minimum absolute atomic E-state index is 0.0165. The molecule has 7 nitrogen and oxygen atoms in total. The molecule has 1 aliphatic rings. The minimum Gasteiger partial charge on any atom is -0.321 e. The van der Waals surface area contributed by atoms with Crippen molar-refractivity contribution in [3.63, 3.8) is 0 Å². The zero-order chi connectivity index (χ0) is 22.5. The van der Waals surface area contributed by atoms with Crippen LogP contribution < -0.4 is 10.4 Å². The predicted molar refractivity (Wildman–Crippen MR) is 121 cm³/mol. The highest BCUT2D eigenvalue weighted by molar-refractivity contribution is 5.94. The maximum Gasteiger partial charge on any atom is 0.324 e. The van der Waals surface area contributed by atoms with Crippen molar-refractivity contribution in [2.75, 3.05) is 24.5 Å². The summed E-state index contributed by atoms with van der Waals surface area (Å²) < 4.78 is 0. The van der Waals surface area contributed by atoms with Crippen LogP contribution in [0.4, 0.5) is 10.5 Å². The Morgan fingerprint density at radius 1 is 1.10 bits per heavy atom. The number of carbonyl (C=O) groups excluding carboxylic acids is 2. The first-order valence-electron chi connectivity index (χ1n) is 10.8.